The van der Waals surface area contributed by atoms with Crippen molar-refractivity contribution >= 4 is 15.9 Å². The molecule has 6 nitrogen and oxygen atoms in total. The summed E-state index contributed by atoms with van der Waals surface area (Å²) in [4.78, 5) is 12.6. The predicted octanol–water partition coefficient (Wildman–Crippen LogP) is 3.36. The first kappa shape index (κ1) is 21.9. The van der Waals surface area contributed by atoms with Gasteiger partial charge in [0.15, 0.2) is 6.10 Å². The van der Waals surface area contributed by atoms with Crippen molar-refractivity contribution in [2.45, 2.75) is 44.7 Å². The average molecular weight is 405 g/mol. The lowest BCUT2D eigenvalue weighted by Gasteiger charge is -2.20. The van der Waals surface area contributed by atoms with E-state index in [-0.39, 0.29) is 16.8 Å². The van der Waals surface area contributed by atoms with E-state index in [1.807, 2.05) is 39.0 Å². The zero-order valence-corrected chi connectivity index (χ0v) is 17.6. The second-order valence-electron chi connectivity index (χ2n) is 6.46. The van der Waals surface area contributed by atoms with E-state index in [2.05, 4.69) is 5.32 Å². The van der Waals surface area contributed by atoms with Gasteiger partial charge in [-0.1, -0.05) is 44.2 Å². The molecule has 7 heteroatoms. The molecule has 1 amide bonds. The van der Waals surface area contributed by atoms with E-state index in [1.54, 1.807) is 43.3 Å². The number of para-hydroxylation sites is 1. The normalized spacial score (nSPS) is 13.8. The Morgan fingerprint density at radius 1 is 1.00 bits per heavy atom. The van der Waals surface area contributed by atoms with Crippen molar-refractivity contribution in [2.24, 2.45) is 0 Å². The van der Waals surface area contributed by atoms with E-state index < -0.39 is 16.1 Å². The summed E-state index contributed by atoms with van der Waals surface area (Å²) in [5.41, 5.74) is 0.818. The highest BCUT2D eigenvalue weighted by atomic mass is 32.2. The fourth-order valence-electron chi connectivity index (χ4n) is 2.81. The Bertz CT molecular complexity index is 863. The first-order chi connectivity index (χ1) is 13.3. The van der Waals surface area contributed by atoms with Crippen LogP contribution in [0.1, 0.15) is 39.3 Å². The summed E-state index contributed by atoms with van der Waals surface area (Å²) in [5, 5.41) is 2.90. The highest BCUT2D eigenvalue weighted by Gasteiger charge is 2.22. The van der Waals surface area contributed by atoms with Crippen molar-refractivity contribution < 1.29 is 17.9 Å². The number of carbonyl (C=O) groups is 1. The number of rotatable bonds is 9. The summed E-state index contributed by atoms with van der Waals surface area (Å²) in [5.74, 6) is 0.389. The summed E-state index contributed by atoms with van der Waals surface area (Å²) >= 11 is 0. The zero-order chi connectivity index (χ0) is 20.7. The fraction of sp³-hybridized carbons (Fsp3) is 0.381. The standard InChI is InChI=1S/C21H28N2O4S/c1-5-23(6-2)28(25,26)20-14-12-18(13-15-20)16(3)22-21(24)17(4)27-19-10-8-7-9-11-19/h7-17H,5-6H2,1-4H3,(H,22,24). The van der Waals surface area contributed by atoms with Gasteiger partial charge >= 0.3 is 0 Å². The summed E-state index contributed by atoms with van der Waals surface area (Å²) in [6.45, 7) is 8.01. The van der Waals surface area contributed by atoms with Crippen molar-refractivity contribution in [1.82, 2.24) is 9.62 Å². The fourth-order valence-corrected chi connectivity index (χ4v) is 4.27. The van der Waals surface area contributed by atoms with Gasteiger partial charge in [0.2, 0.25) is 10.0 Å². The Balaban J connectivity index is 2.02. The van der Waals surface area contributed by atoms with E-state index in [0.29, 0.717) is 18.8 Å². The molecule has 2 aromatic carbocycles. The predicted molar refractivity (Wildman–Crippen MR) is 110 cm³/mol. The zero-order valence-electron chi connectivity index (χ0n) is 16.8. The van der Waals surface area contributed by atoms with Gasteiger partial charge in [0.05, 0.1) is 10.9 Å². The van der Waals surface area contributed by atoms with Crippen LogP contribution in [0.4, 0.5) is 0 Å². The van der Waals surface area contributed by atoms with Gasteiger partial charge in [-0.05, 0) is 43.7 Å². The number of nitrogens with zero attached hydrogens (tertiary/aromatic N) is 1. The van der Waals surface area contributed by atoms with Gasteiger partial charge in [-0.2, -0.15) is 4.31 Å². The first-order valence-corrected chi connectivity index (χ1v) is 10.9. The van der Waals surface area contributed by atoms with Crippen LogP contribution in [0.15, 0.2) is 59.5 Å². The van der Waals surface area contributed by atoms with Crippen LogP contribution in [-0.2, 0) is 14.8 Å². The highest BCUT2D eigenvalue weighted by Crippen LogP contribution is 2.20. The summed E-state index contributed by atoms with van der Waals surface area (Å²) in [7, 11) is -3.49. The molecule has 0 aliphatic heterocycles. The van der Waals surface area contributed by atoms with Crippen LogP contribution < -0.4 is 10.1 Å². The number of ether oxygens (including phenoxy) is 1. The molecule has 2 atom stereocenters. The Labute approximate surface area is 167 Å². The van der Waals surface area contributed by atoms with E-state index in [4.69, 9.17) is 4.74 Å². The van der Waals surface area contributed by atoms with E-state index >= 15 is 0 Å². The number of benzene rings is 2. The van der Waals surface area contributed by atoms with Crippen molar-refractivity contribution in [3.8, 4) is 5.75 Å². The molecule has 0 saturated carbocycles. The minimum Gasteiger partial charge on any atom is -0.481 e. The lowest BCUT2D eigenvalue weighted by Crippen LogP contribution is -2.37. The average Bonchev–Trinajstić information content (AvgIpc) is 2.69. The molecule has 0 spiro atoms. The molecule has 0 aliphatic carbocycles. The smallest absolute Gasteiger partial charge is 0.261 e. The maximum absolute atomic E-state index is 12.6. The molecule has 0 bridgehead atoms. The van der Waals surface area contributed by atoms with Crippen molar-refractivity contribution in [3.05, 3.63) is 60.2 Å². The lowest BCUT2D eigenvalue weighted by molar-refractivity contribution is -0.127. The molecule has 0 fully saturated rings. The molecular weight excluding hydrogens is 376 g/mol. The SMILES string of the molecule is CCN(CC)S(=O)(=O)c1ccc(C(C)NC(=O)C(C)Oc2ccccc2)cc1. The number of carbonyl (C=O) groups excluding carboxylic acids is 1. The van der Waals surface area contributed by atoms with Crippen LogP contribution in [0.2, 0.25) is 0 Å². The first-order valence-electron chi connectivity index (χ1n) is 9.41. The Hall–Kier alpha value is -2.38. The second kappa shape index (κ2) is 9.71. The van der Waals surface area contributed by atoms with E-state index in [1.165, 1.54) is 4.31 Å². The van der Waals surface area contributed by atoms with Gasteiger partial charge in [-0.3, -0.25) is 4.79 Å². The molecule has 0 radical (unpaired) electrons. The van der Waals surface area contributed by atoms with Gasteiger partial charge in [-0.15, -0.1) is 0 Å². The van der Waals surface area contributed by atoms with Gasteiger partial charge in [0, 0.05) is 13.1 Å². The minimum atomic E-state index is -3.49. The van der Waals surface area contributed by atoms with Gasteiger partial charge < -0.3 is 10.1 Å². The Morgan fingerprint density at radius 3 is 2.11 bits per heavy atom. The number of sulfonamides is 1. The summed E-state index contributed by atoms with van der Waals surface area (Å²) < 4.78 is 32.2. The molecule has 2 rings (SSSR count). The number of amides is 1. The van der Waals surface area contributed by atoms with E-state index in [9.17, 15) is 13.2 Å². The third-order valence-corrected chi connectivity index (χ3v) is 6.57. The minimum absolute atomic E-state index is 0.240. The summed E-state index contributed by atoms with van der Waals surface area (Å²) in [6, 6.07) is 15.5. The summed E-state index contributed by atoms with van der Waals surface area (Å²) in [6.07, 6.45) is -0.646. The Morgan fingerprint density at radius 2 is 1.57 bits per heavy atom. The molecule has 0 saturated heterocycles. The topological polar surface area (TPSA) is 75.7 Å². The van der Waals surface area contributed by atoms with Crippen LogP contribution in [0.3, 0.4) is 0 Å². The molecule has 2 aromatic rings. The van der Waals surface area contributed by atoms with Crippen molar-refractivity contribution in [2.75, 3.05) is 13.1 Å². The van der Waals surface area contributed by atoms with Crippen LogP contribution in [-0.4, -0.2) is 37.8 Å². The molecule has 0 heterocycles. The second-order valence-corrected chi connectivity index (χ2v) is 8.40. The molecule has 152 valence electrons. The maximum atomic E-state index is 12.6. The van der Waals surface area contributed by atoms with Gasteiger partial charge in [0.1, 0.15) is 5.75 Å². The van der Waals surface area contributed by atoms with Crippen LogP contribution in [0.5, 0.6) is 5.75 Å². The molecule has 1 N–H and O–H groups in total. The number of hydrogen-bond acceptors (Lipinski definition) is 4. The van der Waals surface area contributed by atoms with Crippen LogP contribution >= 0.6 is 0 Å². The third-order valence-electron chi connectivity index (χ3n) is 4.51. The van der Waals surface area contributed by atoms with E-state index in [0.717, 1.165) is 5.56 Å². The van der Waals surface area contributed by atoms with Crippen molar-refractivity contribution in [1.29, 1.82) is 0 Å². The van der Waals surface area contributed by atoms with Gasteiger partial charge in [0.25, 0.3) is 5.91 Å². The molecule has 0 aliphatic rings. The molecule has 2 unspecified atom stereocenters. The number of nitrogens with one attached hydrogen (secondary N) is 1. The van der Waals surface area contributed by atoms with Gasteiger partial charge in [-0.25, -0.2) is 8.42 Å². The van der Waals surface area contributed by atoms with Crippen LogP contribution in [0, 0.1) is 0 Å². The maximum Gasteiger partial charge on any atom is 0.261 e. The third kappa shape index (κ3) is 5.33. The van der Waals surface area contributed by atoms with Crippen LogP contribution in [0.25, 0.3) is 0 Å². The Kier molecular flexibility index (Phi) is 7.60. The lowest BCUT2D eigenvalue weighted by atomic mass is 10.1. The molecule has 28 heavy (non-hydrogen) atoms. The highest BCUT2D eigenvalue weighted by molar-refractivity contribution is 7.89. The largest absolute Gasteiger partial charge is 0.481 e. The number of hydrogen-bond donors (Lipinski definition) is 1. The molecule has 0 aromatic heterocycles. The molecular formula is C21H28N2O4S. The quantitative estimate of drug-likeness (QED) is 0.695. The monoisotopic (exact) mass is 404 g/mol. The van der Waals surface area contributed by atoms with Crippen molar-refractivity contribution in [3.63, 3.8) is 0 Å².